The van der Waals surface area contributed by atoms with E-state index in [0.717, 1.165) is 17.8 Å². The number of hydrogen-bond donors (Lipinski definition) is 1. The van der Waals surface area contributed by atoms with Crippen molar-refractivity contribution in [1.82, 2.24) is 0 Å². The lowest BCUT2D eigenvalue weighted by atomic mass is 9.60. The highest BCUT2D eigenvalue weighted by atomic mass is 16.2. The Morgan fingerprint density at radius 1 is 1.35 bits per heavy atom. The van der Waals surface area contributed by atoms with Gasteiger partial charge in [-0.2, -0.15) is 0 Å². The summed E-state index contributed by atoms with van der Waals surface area (Å²) in [5, 5.41) is 8.91. The van der Waals surface area contributed by atoms with Crippen LogP contribution in [-0.4, -0.2) is 11.7 Å². The van der Waals surface area contributed by atoms with Crippen LogP contribution in [0.2, 0.25) is 0 Å². The maximum absolute atomic E-state index is 8.91. The Kier molecular flexibility index (Phi) is 3.97. The molecular weight excluding hydrogens is 208 g/mol. The van der Waals surface area contributed by atoms with Crippen LogP contribution in [0.4, 0.5) is 0 Å². The van der Waals surface area contributed by atoms with Crippen molar-refractivity contribution in [2.45, 2.75) is 52.9 Å². The Balaban J connectivity index is 2.12. The first-order chi connectivity index (χ1) is 8.09. The van der Waals surface area contributed by atoms with Crippen molar-refractivity contribution in [2.75, 3.05) is 6.61 Å². The predicted molar refractivity (Wildman–Crippen MR) is 72.7 cm³/mol. The maximum atomic E-state index is 8.91. The lowest BCUT2D eigenvalue weighted by Crippen LogP contribution is -2.37. The summed E-state index contributed by atoms with van der Waals surface area (Å²) < 4.78 is 0. The smallest absolute Gasteiger partial charge is 0.0612 e. The second kappa shape index (κ2) is 5.14. The number of fused-ring (bicyclic) bond motifs is 1. The van der Waals surface area contributed by atoms with Crippen LogP contribution in [0.3, 0.4) is 0 Å². The normalized spacial score (nSPS) is 43.9. The molecule has 2 saturated carbocycles. The largest absolute Gasteiger partial charge is 0.392 e. The van der Waals surface area contributed by atoms with Gasteiger partial charge in [0.25, 0.3) is 0 Å². The fraction of sp³-hybridized carbons (Fsp3) is 0.875. The number of rotatable bonds is 3. The van der Waals surface area contributed by atoms with Gasteiger partial charge in [0.1, 0.15) is 0 Å². The minimum absolute atomic E-state index is 0.188. The van der Waals surface area contributed by atoms with Gasteiger partial charge in [-0.15, -0.1) is 0 Å². The second-order valence-electron chi connectivity index (χ2n) is 6.64. The molecule has 0 amide bonds. The van der Waals surface area contributed by atoms with Gasteiger partial charge < -0.3 is 5.11 Å². The molecule has 2 aliphatic carbocycles. The quantitative estimate of drug-likeness (QED) is 0.734. The van der Waals surface area contributed by atoms with Gasteiger partial charge >= 0.3 is 0 Å². The second-order valence-corrected chi connectivity index (χ2v) is 6.64. The van der Waals surface area contributed by atoms with Crippen molar-refractivity contribution in [2.24, 2.45) is 29.1 Å². The van der Waals surface area contributed by atoms with Crippen molar-refractivity contribution in [3.8, 4) is 0 Å². The van der Waals surface area contributed by atoms with Crippen LogP contribution in [0.15, 0.2) is 12.2 Å². The van der Waals surface area contributed by atoms with Gasteiger partial charge in [-0.05, 0) is 48.3 Å². The maximum Gasteiger partial charge on any atom is 0.0612 e. The molecule has 98 valence electrons. The topological polar surface area (TPSA) is 20.2 Å². The molecule has 0 bridgehead atoms. The Morgan fingerprint density at radius 2 is 2.12 bits per heavy atom. The molecule has 0 heterocycles. The van der Waals surface area contributed by atoms with E-state index in [9.17, 15) is 0 Å². The molecule has 1 N–H and O–H groups in total. The summed E-state index contributed by atoms with van der Waals surface area (Å²) in [7, 11) is 0. The number of aliphatic hydroxyl groups is 1. The summed E-state index contributed by atoms with van der Waals surface area (Å²) in [5.41, 5.74) is 0.566. The van der Waals surface area contributed by atoms with Crippen molar-refractivity contribution in [1.29, 1.82) is 0 Å². The van der Waals surface area contributed by atoms with Crippen LogP contribution in [-0.2, 0) is 0 Å². The zero-order valence-electron chi connectivity index (χ0n) is 11.7. The fourth-order valence-corrected chi connectivity index (χ4v) is 4.88. The molecular formula is C16H28O. The molecule has 0 radical (unpaired) electrons. The SMILES string of the molecule is C[C@H](/C=C/CO)[C@H]1CC[C@H]2[C@@H](C)CCCC12C. The third-order valence-corrected chi connectivity index (χ3v) is 5.72. The Bertz CT molecular complexity index is 283. The third kappa shape index (κ3) is 2.31. The highest BCUT2D eigenvalue weighted by Crippen LogP contribution is 2.59. The van der Waals surface area contributed by atoms with Gasteiger partial charge in [0.2, 0.25) is 0 Å². The van der Waals surface area contributed by atoms with Crippen molar-refractivity contribution >= 4 is 0 Å². The molecule has 17 heavy (non-hydrogen) atoms. The first kappa shape index (κ1) is 13.1. The van der Waals surface area contributed by atoms with Gasteiger partial charge in [-0.3, -0.25) is 0 Å². The molecule has 0 aromatic rings. The summed E-state index contributed by atoms with van der Waals surface area (Å²) in [6, 6.07) is 0. The monoisotopic (exact) mass is 236 g/mol. The third-order valence-electron chi connectivity index (χ3n) is 5.72. The molecule has 0 saturated heterocycles. The molecule has 2 aliphatic rings. The van der Waals surface area contributed by atoms with E-state index in [-0.39, 0.29) is 6.61 Å². The highest BCUT2D eigenvalue weighted by molar-refractivity contribution is 5.04. The average molecular weight is 236 g/mol. The lowest BCUT2D eigenvalue weighted by Gasteiger charge is -2.45. The van der Waals surface area contributed by atoms with E-state index in [1.54, 1.807) is 0 Å². The fourth-order valence-electron chi connectivity index (χ4n) is 4.88. The van der Waals surface area contributed by atoms with E-state index in [2.05, 4.69) is 26.8 Å². The van der Waals surface area contributed by atoms with Gasteiger partial charge in [-0.25, -0.2) is 0 Å². The van der Waals surface area contributed by atoms with Gasteiger partial charge in [-0.1, -0.05) is 45.8 Å². The van der Waals surface area contributed by atoms with E-state index >= 15 is 0 Å². The number of aliphatic hydroxyl groups excluding tert-OH is 1. The average Bonchev–Trinajstić information content (AvgIpc) is 2.64. The summed E-state index contributed by atoms with van der Waals surface area (Å²) >= 11 is 0. The Labute approximate surface area is 106 Å². The molecule has 0 aromatic heterocycles. The molecule has 0 aromatic carbocycles. The molecule has 0 spiro atoms. The van der Waals surface area contributed by atoms with E-state index < -0.39 is 0 Å². The first-order valence-electron chi connectivity index (χ1n) is 7.37. The summed E-state index contributed by atoms with van der Waals surface area (Å²) in [6.07, 6.45) is 11.3. The van der Waals surface area contributed by atoms with Crippen molar-refractivity contribution in [3.05, 3.63) is 12.2 Å². The molecule has 2 rings (SSSR count). The molecule has 2 fully saturated rings. The zero-order chi connectivity index (χ0) is 12.5. The van der Waals surface area contributed by atoms with Crippen LogP contribution < -0.4 is 0 Å². The van der Waals surface area contributed by atoms with E-state index in [0.29, 0.717) is 11.3 Å². The van der Waals surface area contributed by atoms with Crippen molar-refractivity contribution in [3.63, 3.8) is 0 Å². The van der Waals surface area contributed by atoms with Gasteiger partial charge in [0.15, 0.2) is 0 Å². The minimum atomic E-state index is 0.188. The molecule has 5 atom stereocenters. The molecule has 1 heteroatoms. The van der Waals surface area contributed by atoms with E-state index in [4.69, 9.17) is 5.11 Å². The minimum Gasteiger partial charge on any atom is -0.392 e. The standard InChI is InChI=1S/C16H28O/c1-12-6-4-10-16(3)14(12)8-9-15(16)13(2)7-5-11-17/h5,7,12-15,17H,4,6,8-11H2,1-3H3/b7-5+/t12-,13+,14-,15+,16?/m0/s1. The summed E-state index contributed by atoms with van der Waals surface area (Å²) in [5.74, 6) is 3.33. The van der Waals surface area contributed by atoms with Crippen LogP contribution >= 0.6 is 0 Å². The van der Waals surface area contributed by atoms with E-state index in [1.807, 2.05) is 6.08 Å². The number of allylic oxidation sites excluding steroid dienone is 1. The number of hydrogen-bond acceptors (Lipinski definition) is 1. The summed E-state index contributed by atoms with van der Waals surface area (Å²) in [6.45, 7) is 7.52. The molecule has 1 unspecified atom stereocenters. The predicted octanol–water partition coefficient (Wildman–Crippen LogP) is 4.02. The molecule has 0 aliphatic heterocycles. The van der Waals surface area contributed by atoms with Crippen LogP contribution in [0.25, 0.3) is 0 Å². The summed E-state index contributed by atoms with van der Waals surface area (Å²) in [4.78, 5) is 0. The van der Waals surface area contributed by atoms with Crippen LogP contribution in [0.5, 0.6) is 0 Å². The zero-order valence-corrected chi connectivity index (χ0v) is 11.7. The molecule has 1 nitrogen and oxygen atoms in total. The Morgan fingerprint density at radius 3 is 2.82 bits per heavy atom. The Hall–Kier alpha value is -0.300. The van der Waals surface area contributed by atoms with E-state index in [1.165, 1.54) is 32.1 Å². The van der Waals surface area contributed by atoms with Gasteiger partial charge in [0.05, 0.1) is 6.61 Å². The highest BCUT2D eigenvalue weighted by Gasteiger charge is 2.50. The van der Waals surface area contributed by atoms with Crippen LogP contribution in [0, 0.1) is 29.1 Å². The first-order valence-corrected chi connectivity index (χ1v) is 7.37. The lowest BCUT2D eigenvalue weighted by molar-refractivity contribution is 0.0452. The van der Waals surface area contributed by atoms with Gasteiger partial charge in [0, 0.05) is 0 Å². The van der Waals surface area contributed by atoms with Crippen molar-refractivity contribution < 1.29 is 5.11 Å². The van der Waals surface area contributed by atoms with Crippen LogP contribution in [0.1, 0.15) is 52.9 Å².